The Hall–Kier alpha value is -3.49. The highest BCUT2D eigenvalue weighted by Crippen LogP contribution is 2.40. The molecule has 1 amide bonds. The SMILES string of the molecule is CCNC1(C)C(=O)Nc2nc(-c3nc(CCC(F)(F)C(F)(F)F)nc4c3cnn4C)nc(N)c21. The number of nitrogens with zero attached hydrogens (tertiary/aromatic N) is 6. The van der Waals surface area contributed by atoms with Crippen molar-refractivity contribution in [1.82, 2.24) is 35.0 Å². The van der Waals surface area contributed by atoms with Crippen LogP contribution < -0.4 is 16.4 Å². The Kier molecular flexibility index (Phi) is 5.42. The van der Waals surface area contributed by atoms with E-state index in [1.807, 2.05) is 6.92 Å². The van der Waals surface area contributed by atoms with Crippen molar-refractivity contribution in [3.63, 3.8) is 0 Å². The molecule has 0 spiro atoms. The van der Waals surface area contributed by atoms with Crippen LogP contribution in [0.5, 0.6) is 0 Å². The lowest BCUT2D eigenvalue weighted by Crippen LogP contribution is -2.45. The first kappa shape index (κ1) is 23.7. The normalized spacial score (nSPS) is 18.4. The van der Waals surface area contributed by atoms with Gasteiger partial charge in [0.2, 0.25) is 5.91 Å². The van der Waals surface area contributed by atoms with Gasteiger partial charge in [0.05, 0.1) is 17.1 Å². The van der Waals surface area contributed by atoms with E-state index in [1.165, 1.54) is 17.9 Å². The van der Waals surface area contributed by atoms with Gasteiger partial charge in [0.25, 0.3) is 0 Å². The second kappa shape index (κ2) is 7.78. The lowest BCUT2D eigenvalue weighted by Gasteiger charge is -2.23. The van der Waals surface area contributed by atoms with Crippen molar-refractivity contribution in [2.75, 3.05) is 17.6 Å². The topological polar surface area (TPSA) is 137 Å². The average molecular weight is 485 g/mol. The number of hydrogen-bond donors (Lipinski definition) is 3. The molecule has 3 aromatic heterocycles. The zero-order chi connectivity index (χ0) is 25.1. The van der Waals surface area contributed by atoms with Crippen molar-refractivity contribution >= 4 is 28.6 Å². The first-order valence-electron chi connectivity index (χ1n) is 10.2. The number of nitrogen functional groups attached to an aromatic ring is 1. The van der Waals surface area contributed by atoms with Gasteiger partial charge in [-0.3, -0.25) is 14.8 Å². The van der Waals surface area contributed by atoms with Gasteiger partial charge in [-0.05, 0) is 13.5 Å². The number of halogens is 5. The first-order chi connectivity index (χ1) is 15.8. The predicted molar refractivity (Wildman–Crippen MR) is 111 cm³/mol. The Bertz CT molecular complexity index is 1290. The maximum absolute atomic E-state index is 13.5. The summed E-state index contributed by atoms with van der Waals surface area (Å²) in [6.07, 6.45) is -6.62. The van der Waals surface area contributed by atoms with E-state index in [2.05, 4.69) is 35.7 Å². The van der Waals surface area contributed by atoms with E-state index in [9.17, 15) is 26.7 Å². The number of hydrogen-bond acceptors (Lipinski definition) is 8. The Balaban J connectivity index is 1.81. The van der Waals surface area contributed by atoms with E-state index in [-0.39, 0.29) is 34.6 Å². The molecule has 4 N–H and O–H groups in total. The number of carbonyl (C=O) groups is 1. The molecule has 0 aromatic carbocycles. The summed E-state index contributed by atoms with van der Waals surface area (Å²) in [4.78, 5) is 29.4. The molecular formula is C19H20F5N9O. The fraction of sp³-hybridized carbons (Fsp3) is 0.474. The molecule has 4 heterocycles. The molecule has 0 radical (unpaired) electrons. The Morgan fingerprint density at radius 1 is 1.18 bits per heavy atom. The van der Waals surface area contributed by atoms with E-state index in [0.717, 1.165) is 0 Å². The van der Waals surface area contributed by atoms with Crippen molar-refractivity contribution in [2.24, 2.45) is 7.05 Å². The Labute approximate surface area is 189 Å². The lowest BCUT2D eigenvalue weighted by atomic mass is 9.95. The number of aryl methyl sites for hydroxylation is 2. The van der Waals surface area contributed by atoms with Crippen LogP contribution in [0.15, 0.2) is 6.20 Å². The maximum Gasteiger partial charge on any atom is 0.453 e. The summed E-state index contributed by atoms with van der Waals surface area (Å²) in [6.45, 7) is 3.89. The predicted octanol–water partition coefficient (Wildman–Crippen LogP) is 2.31. The van der Waals surface area contributed by atoms with Crippen LogP contribution in [-0.2, 0) is 23.8 Å². The molecule has 1 aliphatic heterocycles. The molecule has 1 unspecified atom stereocenters. The van der Waals surface area contributed by atoms with Crippen LogP contribution in [0, 0.1) is 0 Å². The quantitative estimate of drug-likeness (QED) is 0.453. The molecule has 10 nitrogen and oxygen atoms in total. The first-order valence-corrected chi connectivity index (χ1v) is 10.2. The highest BCUT2D eigenvalue weighted by Gasteiger charge is 2.56. The van der Waals surface area contributed by atoms with Gasteiger partial charge >= 0.3 is 12.1 Å². The molecule has 0 fully saturated rings. The van der Waals surface area contributed by atoms with Gasteiger partial charge in [-0.25, -0.2) is 19.9 Å². The standard InChI is InChI=1S/C19H20F5N9O/c1-4-26-17(2)10-12(25)30-14(31-13(10)32-16(17)34)11-8-7-27-33(3)15(8)29-9(28-11)5-6-18(20,21)19(22,23)24/h7,26H,4-6H2,1-3H3,(H3,25,30,31,32,34). The van der Waals surface area contributed by atoms with Crippen molar-refractivity contribution in [3.05, 3.63) is 17.6 Å². The molecule has 34 heavy (non-hydrogen) atoms. The summed E-state index contributed by atoms with van der Waals surface area (Å²) in [5, 5.41) is 10.0. The molecule has 0 aliphatic carbocycles. The number of anilines is 2. The van der Waals surface area contributed by atoms with Crippen molar-refractivity contribution in [3.8, 4) is 11.5 Å². The van der Waals surface area contributed by atoms with Gasteiger partial charge < -0.3 is 11.1 Å². The second-order valence-corrected chi connectivity index (χ2v) is 7.96. The number of carbonyl (C=O) groups excluding carboxylic acids is 1. The zero-order valence-corrected chi connectivity index (χ0v) is 18.3. The van der Waals surface area contributed by atoms with Gasteiger partial charge in [0.15, 0.2) is 11.5 Å². The number of nitrogens with two attached hydrogens (primary N) is 1. The number of amides is 1. The molecule has 0 saturated heterocycles. The van der Waals surface area contributed by atoms with Gasteiger partial charge in [0.1, 0.15) is 28.7 Å². The average Bonchev–Trinajstić information content (AvgIpc) is 3.22. The Morgan fingerprint density at radius 2 is 1.88 bits per heavy atom. The van der Waals surface area contributed by atoms with Crippen molar-refractivity contribution < 1.29 is 26.7 Å². The van der Waals surface area contributed by atoms with Crippen LogP contribution in [0.1, 0.15) is 31.7 Å². The van der Waals surface area contributed by atoms with Crippen molar-refractivity contribution in [2.45, 2.75) is 44.3 Å². The fourth-order valence-electron chi connectivity index (χ4n) is 3.80. The van der Waals surface area contributed by atoms with E-state index in [0.29, 0.717) is 17.5 Å². The smallest absolute Gasteiger partial charge is 0.383 e. The van der Waals surface area contributed by atoms with E-state index < -0.39 is 36.4 Å². The van der Waals surface area contributed by atoms with Gasteiger partial charge in [-0.1, -0.05) is 6.92 Å². The minimum atomic E-state index is -5.69. The molecule has 1 atom stereocenters. The third kappa shape index (κ3) is 3.69. The molecule has 182 valence electrons. The molecule has 0 saturated carbocycles. The monoisotopic (exact) mass is 485 g/mol. The van der Waals surface area contributed by atoms with Crippen LogP contribution in [0.3, 0.4) is 0 Å². The van der Waals surface area contributed by atoms with E-state index >= 15 is 0 Å². The number of alkyl halides is 5. The fourth-order valence-corrected chi connectivity index (χ4v) is 3.80. The highest BCUT2D eigenvalue weighted by atomic mass is 19.4. The molecule has 3 aromatic rings. The third-order valence-electron chi connectivity index (χ3n) is 5.58. The number of nitrogens with one attached hydrogen (secondary N) is 2. The Morgan fingerprint density at radius 3 is 2.53 bits per heavy atom. The molecule has 1 aliphatic rings. The van der Waals surface area contributed by atoms with Crippen LogP contribution in [-0.4, -0.2) is 54.3 Å². The molecule has 4 rings (SSSR count). The zero-order valence-electron chi connectivity index (χ0n) is 18.3. The van der Waals surface area contributed by atoms with Gasteiger partial charge in [-0.15, -0.1) is 0 Å². The third-order valence-corrected chi connectivity index (χ3v) is 5.58. The van der Waals surface area contributed by atoms with Crippen LogP contribution in [0.25, 0.3) is 22.6 Å². The van der Waals surface area contributed by atoms with Crippen LogP contribution in [0.4, 0.5) is 33.6 Å². The number of fused-ring (bicyclic) bond motifs is 2. The summed E-state index contributed by atoms with van der Waals surface area (Å²) >= 11 is 0. The number of likely N-dealkylation sites (N-methyl/N-ethyl adjacent to an activating group) is 1. The summed E-state index contributed by atoms with van der Waals surface area (Å²) in [5.74, 6) is -5.54. The summed E-state index contributed by atoms with van der Waals surface area (Å²) < 4.78 is 66.0. The summed E-state index contributed by atoms with van der Waals surface area (Å²) in [7, 11) is 1.52. The lowest BCUT2D eigenvalue weighted by molar-refractivity contribution is -0.284. The van der Waals surface area contributed by atoms with Crippen LogP contribution >= 0.6 is 0 Å². The number of rotatable bonds is 6. The van der Waals surface area contributed by atoms with Crippen molar-refractivity contribution in [1.29, 1.82) is 0 Å². The molecule has 0 bridgehead atoms. The molecule has 15 heteroatoms. The van der Waals surface area contributed by atoms with E-state index in [4.69, 9.17) is 5.73 Å². The minimum absolute atomic E-state index is 0.0254. The number of aromatic nitrogens is 6. The second-order valence-electron chi connectivity index (χ2n) is 7.96. The van der Waals surface area contributed by atoms with Gasteiger partial charge in [-0.2, -0.15) is 27.1 Å². The van der Waals surface area contributed by atoms with E-state index in [1.54, 1.807) is 6.92 Å². The highest BCUT2D eigenvalue weighted by molar-refractivity contribution is 6.06. The summed E-state index contributed by atoms with van der Waals surface area (Å²) in [5.41, 5.74) is 5.54. The van der Waals surface area contributed by atoms with Crippen LogP contribution in [0.2, 0.25) is 0 Å². The maximum atomic E-state index is 13.5. The summed E-state index contributed by atoms with van der Waals surface area (Å²) in [6, 6.07) is 0. The largest absolute Gasteiger partial charge is 0.453 e. The molecular weight excluding hydrogens is 465 g/mol. The minimum Gasteiger partial charge on any atom is -0.383 e. The van der Waals surface area contributed by atoms with Gasteiger partial charge in [0, 0.05) is 19.9 Å².